The zero-order valence-electron chi connectivity index (χ0n) is 10.6. The maximum absolute atomic E-state index is 5.66. The molecule has 0 bridgehead atoms. The average Bonchev–Trinajstić information content (AvgIpc) is 2.16. The predicted molar refractivity (Wildman–Crippen MR) is 71.3 cm³/mol. The average molecular weight is 233 g/mol. The van der Waals surface area contributed by atoms with Gasteiger partial charge < -0.3 is 4.12 Å². The van der Waals surface area contributed by atoms with Crippen LogP contribution in [0.1, 0.15) is 51.9 Å². The number of hydrogen-bond acceptors (Lipinski definition) is 1. The van der Waals surface area contributed by atoms with Gasteiger partial charge in [-0.2, -0.15) is 0 Å². The summed E-state index contributed by atoms with van der Waals surface area (Å²) in [6.45, 7) is 6.96. The summed E-state index contributed by atoms with van der Waals surface area (Å²) < 4.78 is 5.66. The van der Waals surface area contributed by atoms with Crippen molar-refractivity contribution >= 4 is 18.8 Å². The van der Waals surface area contributed by atoms with E-state index in [0.29, 0.717) is 0 Å². The monoisotopic (exact) mass is 232 g/mol. The van der Waals surface area contributed by atoms with Crippen LogP contribution in [0.2, 0.25) is 19.1 Å². The zero-order chi connectivity index (χ0) is 10.9. The summed E-state index contributed by atoms with van der Waals surface area (Å²) in [7, 11) is -0.261. The second-order valence-corrected chi connectivity index (χ2v) is 10.5. The first kappa shape index (κ1) is 14.4. The second kappa shape index (κ2) is 8.68. The smallest absolute Gasteiger partial charge is 0.172 e. The number of unbranched alkanes of at least 4 members (excludes halogenated alkanes) is 6. The lowest BCUT2D eigenvalue weighted by Gasteiger charge is -2.20. The van der Waals surface area contributed by atoms with E-state index in [0.717, 1.165) is 10.5 Å². The Hall–Kier alpha value is 0.394. The Morgan fingerprint density at radius 3 is 1.93 bits per heavy atom. The largest absolute Gasteiger partial charge is 0.463 e. The molecular weight excluding hydrogens is 204 g/mol. The second-order valence-electron chi connectivity index (χ2n) is 4.84. The highest BCUT2D eigenvalue weighted by Crippen LogP contribution is 2.16. The van der Waals surface area contributed by atoms with Crippen LogP contribution >= 0.6 is 0 Å². The van der Waals surface area contributed by atoms with E-state index in [4.69, 9.17) is 4.12 Å². The van der Waals surface area contributed by atoms with Crippen molar-refractivity contribution in [3.05, 3.63) is 0 Å². The highest BCUT2D eigenvalue weighted by Gasteiger charge is 2.18. The fourth-order valence-corrected chi connectivity index (χ4v) is 3.53. The molecule has 0 aromatic rings. The third-order valence-electron chi connectivity index (χ3n) is 2.93. The Bertz CT molecular complexity index is 126. The van der Waals surface area contributed by atoms with Crippen molar-refractivity contribution in [2.24, 2.45) is 0 Å². The molecule has 86 valence electrons. The molecule has 0 saturated carbocycles. The van der Waals surface area contributed by atoms with Gasteiger partial charge >= 0.3 is 0 Å². The Kier molecular flexibility index (Phi) is 8.93. The minimum Gasteiger partial charge on any atom is -0.463 e. The molecule has 0 atom stereocenters. The Balaban J connectivity index is 3.13. The van der Waals surface area contributed by atoms with Gasteiger partial charge in [-0.1, -0.05) is 51.9 Å². The molecule has 0 unspecified atom stereocenters. The van der Waals surface area contributed by atoms with Crippen molar-refractivity contribution in [1.82, 2.24) is 0 Å². The summed E-state index contributed by atoms with van der Waals surface area (Å²) in [6.07, 6.45) is 9.91. The van der Waals surface area contributed by atoms with E-state index in [9.17, 15) is 0 Å². The van der Waals surface area contributed by atoms with Gasteiger partial charge in [0.2, 0.25) is 0 Å². The molecule has 0 amide bonds. The molecule has 0 spiro atoms. The standard InChI is InChI=1S/C11H28OSi2/c1-4-5-6-7-8-9-10-11-14(2,3)12-13/h4-11H2,1-3,13H3. The molecule has 0 aromatic heterocycles. The van der Waals surface area contributed by atoms with Crippen molar-refractivity contribution in [2.45, 2.75) is 71.0 Å². The van der Waals surface area contributed by atoms with Crippen LogP contribution in [0.15, 0.2) is 0 Å². The van der Waals surface area contributed by atoms with Crippen LogP contribution in [0.25, 0.3) is 0 Å². The lowest BCUT2D eigenvalue weighted by atomic mass is 10.1. The molecule has 0 heterocycles. The predicted octanol–water partition coefficient (Wildman–Crippen LogP) is 3.24. The molecule has 0 fully saturated rings. The minimum atomic E-state index is -1.19. The normalized spacial score (nSPS) is 12.2. The van der Waals surface area contributed by atoms with Gasteiger partial charge in [0.15, 0.2) is 8.32 Å². The van der Waals surface area contributed by atoms with Crippen LogP contribution in [0.4, 0.5) is 0 Å². The maximum atomic E-state index is 5.66. The molecule has 0 radical (unpaired) electrons. The third kappa shape index (κ3) is 8.97. The van der Waals surface area contributed by atoms with Gasteiger partial charge in [0.1, 0.15) is 10.5 Å². The molecule has 1 nitrogen and oxygen atoms in total. The first-order chi connectivity index (χ1) is 6.62. The molecule has 0 aliphatic heterocycles. The van der Waals surface area contributed by atoms with Gasteiger partial charge in [-0.15, -0.1) is 0 Å². The van der Waals surface area contributed by atoms with Gasteiger partial charge in [-0.05, 0) is 19.1 Å². The molecule has 0 N–H and O–H groups in total. The highest BCUT2D eigenvalue weighted by molar-refractivity contribution is 6.73. The molecule has 0 rings (SSSR count). The first-order valence-corrected chi connectivity index (χ1v) is 10.1. The van der Waals surface area contributed by atoms with Gasteiger partial charge in [0.25, 0.3) is 0 Å². The summed E-state index contributed by atoms with van der Waals surface area (Å²) >= 11 is 0. The van der Waals surface area contributed by atoms with Gasteiger partial charge in [-0.25, -0.2) is 0 Å². The van der Waals surface area contributed by atoms with Crippen LogP contribution in [0.5, 0.6) is 0 Å². The summed E-state index contributed by atoms with van der Waals surface area (Å²) in [5.41, 5.74) is 0. The number of rotatable bonds is 9. The summed E-state index contributed by atoms with van der Waals surface area (Å²) in [5.74, 6) is 0. The van der Waals surface area contributed by atoms with Crippen LogP contribution in [-0.2, 0) is 4.12 Å². The zero-order valence-corrected chi connectivity index (χ0v) is 13.6. The van der Waals surface area contributed by atoms with Gasteiger partial charge in [-0.3, -0.25) is 0 Å². The van der Waals surface area contributed by atoms with E-state index in [1.54, 1.807) is 0 Å². The van der Waals surface area contributed by atoms with E-state index in [-0.39, 0.29) is 0 Å². The van der Waals surface area contributed by atoms with E-state index >= 15 is 0 Å². The molecule has 14 heavy (non-hydrogen) atoms. The molecular formula is C11H28OSi2. The Morgan fingerprint density at radius 2 is 1.43 bits per heavy atom. The van der Waals surface area contributed by atoms with E-state index in [2.05, 4.69) is 20.0 Å². The minimum absolute atomic E-state index is 0.930. The lowest BCUT2D eigenvalue weighted by molar-refractivity contribution is 0.572. The van der Waals surface area contributed by atoms with Crippen LogP contribution in [-0.4, -0.2) is 18.8 Å². The number of hydrogen-bond donors (Lipinski definition) is 0. The van der Waals surface area contributed by atoms with Crippen molar-refractivity contribution < 1.29 is 4.12 Å². The first-order valence-electron chi connectivity index (χ1n) is 6.17. The Morgan fingerprint density at radius 1 is 0.929 bits per heavy atom. The molecule has 0 saturated heterocycles. The van der Waals surface area contributed by atoms with Crippen LogP contribution < -0.4 is 0 Å². The van der Waals surface area contributed by atoms with E-state index in [1.165, 1.54) is 51.0 Å². The van der Waals surface area contributed by atoms with Crippen LogP contribution in [0, 0.1) is 0 Å². The van der Waals surface area contributed by atoms with Crippen LogP contribution in [0.3, 0.4) is 0 Å². The van der Waals surface area contributed by atoms with E-state index in [1.807, 2.05) is 0 Å². The topological polar surface area (TPSA) is 9.23 Å². The van der Waals surface area contributed by atoms with Gasteiger partial charge in [0.05, 0.1) is 0 Å². The fourth-order valence-electron chi connectivity index (χ4n) is 1.61. The Labute approximate surface area is 94.3 Å². The molecule has 0 aliphatic rings. The van der Waals surface area contributed by atoms with Gasteiger partial charge in [0, 0.05) is 0 Å². The molecule has 0 aromatic carbocycles. The summed E-state index contributed by atoms with van der Waals surface area (Å²) in [4.78, 5) is 0. The molecule has 0 aliphatic carbocycles. The van der Waals surface area contributed by atoms with Crippen molar-refractivity contribution in [1.29, 1.82) is 0 Å². The quantitative estimate of drug-likeness (QED) is 0.438. The van der Waals surface area contributed by atoms with Crippen molar-refractivity contribution in [3.63, 3.8) is 0 Å². The summed E-state index contributed by atoms with van der Waals surface area (Å²) in [5, 5.41) is 0. The van der Waals surface area contributed by atoms with E-state index < -0.39 is 8.32 Å². The third-order valence-corrected chi connectivity index (χ3v) is 8.91. The lowest BCUT2D eigenvalue weighted by Crippen LogP contribution is -2.28. The SMILES string of the molecule is CCCCCCCCC[Si](C)(C)O[SiH3]. The fraction of sp³-hybridized carbons (Fsp3) is 1.00. The maximum Gasteiger partial charge on any atom is 0.172 e. The highest BCUT2D eigenvalue weighted by atomic mass is 28.4. The molecule has 3 heteroatoms. The summed E-state index contributed by atoms with van der Waals surface area (Å²) in [6, 6.07) is 1.37. The van der Waals surface area contributed by atoms with Crippen molar-refractivity contribution in [3.8, 4) is 0 Å². The van der Waals surface area contributed by atoms with Crippen molar-refractivity contribution in [2.75, 3.05) is 0 Å².